The van der Waals surface area contributed by atoms with Crippen LogP contribution < -0.4 is 5.73 Å². The minimum Gasteiger partial charge on any atom is -0.364 e. The van der Waals surface area contributed by atoms with Gasteiger partial charge >= 0.3 is 0 Å². The quantitative estimate of drug-likeness (QED) is 0.805. The van der Waals surface area contributed by atoms with Crippen LogP contribution in [-0.2, 0) is 5.33 Å². The second-order valence-corrected chi connectivity index (χ2v) is 4.82. The van der Waals surface area contributed by atoms with Crippen molar-refractivity contribution in [3.63, 3.8) is 0 Å². The van der Waals surface area contributed by atoms with Crippen molar-refractivity contribution >= 4 is 37.8 Å². The molecule has 0 unspecified atom stereocenters. The average Bonchev–Trinajstić information content (AvgIpc) is 2.81. The summed E-state index contributed by atoms with van der Waals surface area (Å²) in [5.41, 5.74) is 6.25. The van der Waals surface area contributed by atoms with Gasteiger partial charge in [-0.3, -0.25) is 4.79 Å². The number of primary amides is 1. The first-order valence-corrected chi connectivity index (χ1v) is 6.71. The molecule has 0 aliphatic heterocycles. The Labute approximate surface area is 118 Å². The van der Waals surface area contributed by atoms with E-state index >= 15 is 0 Å². The Hall–Kier alpha value is -1.28. The van der Waals surface area contributed by atoms with Crippen LogP contribution in [0.25, 0.3) is 11.3 Å². The molecule has 1 amide bonds. The molecular weight excluding hydrogens is 371 g/mol. The van der Waals surface area contributed by atoms with Crippen molar-refractivity contribution in [2.45, 2.75) is 5.33 Å². The van der Waals surface area contributed by atoms with Crippen LogP contribution in [0.3, 0.4) is 0 Å². The highest BCUT2D eigenvalue weighted by molar-refractivity contribution is 9.10. The highest BCUT2D eigenvalue weighted by Crippen LogP contribution is 2.31. The monoisotopic (exact) mass is 376 g/mol. The summed E-state index contributed by atoms with van der Waals surface area (Å²) < 4.78 is 14.3. The lowest BCUT2D eigenvalue weighted by molar-refractivity contribution is 0.0996. The van der Waals surface area contributed by atoms with Crippen molar-refractivity contribution in [2.75, 3.05) is 0 Å². The first-order chi connectivity index (χ1) is 8.56. The van der Waals surface area contributed by atoms with E-state index in [4.69, 9.17) is 5.73 Å². The number of H-pyrrole nitrogens is 1. The molecule has 0 saturated carbocycles. The van der Waals surface area contributed by atoms with E-state index < -0.39 is 11.7 Å². The minimum atomic E-state index is -0.720. The van der Waals surface area contributed by atoms with Crippen LogP contribution in [0.15, 0.2) is 16.6 Å². The fraction of sp³-hybridized carbons (Fsp3) is 0.100. The van der Waals surface area contributed by atoms with Gasteiger partial charge in [0.25, 0.3) is 5.91 Å². The van der Waals surface area contributed by atoms with Gasteiger partial charge in [0.2, 0.25) is 0 Å². The van der Waals surface area contributed by atoms with Crippen LogP contribution in [-0.4, -0.2) is 21.3 Å². The van der Waals surface area contributed by atoms with Crippen LogP contribution in [0, 0.1) is 5.82 Å². The number of aromatic nitrogens is 3. The molecule has 0 saturated heterocycles. The smallest absolute Gasteiger partial charge is 0.271 e. The van der Waals surface area contributed by atoms with Crippen molar-refractivity contribution in [3.05, 3.63) is 33.7 Å². The first kappa shape index (κ1) is 13.2. The number of aromatic amines is 1. The molecule has 8 heteroatoms. The summed E-state index contributed by atoms with van der Waals surface area (Å²) >= 11 is 6.31. The predicted octanol–water partition coefficient (Wildman–Crippen LogP) is 2.37. The van der Waals surface area contributed by atoms with Gasteiger partial charge in [-0.2, -0.15) is 15.4 Å². The summed E-state index contributed by atoms with van der Waals surface area (Å²) in [6, 6.07) is 3.18. The number of halogens is 3. The number of rotatable bonds is 3. The zero-order valence-electron chi connectivity index (χ0n) is 8.88. The number of benzene rings is 1. The maximum absolute atomic E-state index is 13.9. The molecule has 0 aliphatic carbocycles. The number of hydrogen-bond donors (Lipinski definition) is 2. The number of carbonyl (C=O) groups excluding carboxylic acids is 1. The van der Waals surface area contributed by atoms with Crippen molar-refractivity contribution in [1.82, 2.24) is 15.4 Å². The Morgan fingerprint density at radius 3 is 2.78 bits per heavy atom. The third-order valence-corrected chi connectivity index (χ3v) is 3.54. The van der Waals surface area contributed by atoms with Crippen LogP contribution in [0.1, 0.15) is 16.1 Å². The van der Waals surface area contributed by atoms with E-state index in [-0.39, 0.29) is 16.7 Å². The van der Waals surface area contributed by atoms with E-state index in [0.29, 0.717) is 15.6 Å². The molecule has 2 aromatic rings. The van der Waals surface area contributed by atoms with Crippen LogP contribution in [0.2, 0.25) is 0 Å². The number of alkyl halides is 1. The normalized spacial score (nSPS) is 10.6. The molecular formula is C10H7Br2FN4O. The molecule has 5 nitrogen and oxygen atoms in total. The maximum Gasteiger partial charge on any atom is 0.271 e. The molecule has 0 bridgehead atoms. The second-order valence-electron chi connectivity index (χ2n) is 3.41. The van der Waals surface area contributed by atoms with Crippen LogP contribution in [0.4, 0.5) is 4.39 Å². The van der Waals surface area contributed by atoms with Gasteiger partial charge in [0.1, 0.15) is 11.5 Å². The van der Waals surface area contributed by atoms with Crippen LogP contribution >= 0.6 is 31.9 Å². The van der Waals surface area contributed by atoms with E-state index in [0.717, 1.165) is 0 Å². The van der Waals surface area contributed by atoms with Gasteiger partial charge in [0.05, 0.1) is 4.47 Å². The third-order valence-electron chi connectivity index (χ3n) is 2.37. The number of amides is 1. The fourth-order valence-corrected chi connectivity index (χ4v) is 2.46. The summed E-state index contributed by atoms with van der Waals surface area (Å²) in [6.45, 7) is 0. The number of carbonyl (C=O) groups is 1. The third kappa shape index (κ3) is 2.17. The fourth-order valence-electron chi connectivity index (χ4n) is 1.54. The molecule has 0 aliphatic rings. The molecule has 0 atom stereocenters. The van der Waals surface area contributed by atoms with Gasteiger partial charge in [-0.25, -0.2) is 4.39 Å². The molecule has 0 fully saturated rings. The van der Waals surface area contributed by atoms with Gasteiger partial charge in [0, 0.05) is 16.5 Å². The van der Waals surface area contributed by atoms with Gasteiger partial charge in [0.15, 0.2) is 5.69 Å². The lowest BCUT2D eigenvalue weighted by atomic mass is 10.0. The lowest BCUT2D eigenvalue weighted by Crippen LogP contribution is -2.13. The van der Waals surface area contributed by atoms with Crippen molar-refractivity contribution in [1.29, 1.82) is 0 Å². The van der Waals surface area contributed by atoms with Crippen molar-refractivity contribution in [3.8, 4) is 11.3 Å². The molecule has 94 valence electrons. The molecule has 0 radical (unpaired) electrons. The lowest BCUT2D eigenvalue weighted by Gasteiger charge is -2.07. The molecule has 1 aromatic carbocycles. The second kappa shape index (κ2) is 5.15. The number of nitrogens with one attached hydrogen (secondary N) is 1. The summed E-state index contributed by atoms with van der Waals surface area (Å²) in [4.78, 5) is 11.2. The zero-order valence-corrected chi connectivity index (χ0v) is 12.0. The number of hydrogen-bond acceptors (Lipinski definition) is 3. The first-order valence-electron chi connectivity index (χ1n) is 4.80. The van der Waals surface area contributed by atoms with Crippen LogP contribution in [0.5, 0.6) is 0 Å². The Morgan fingerprint density at radius 1 is 1.44 bits per heavy atom. The topological polar surface area (TPSA) is 84.7 Å². The van der Waals surface area contributed by atoms with E-state index in [1.165, 1.54) is 6.07 Å². The Morgan fingerprint density at radius 2 is 2.17 bits per heavy atom. The maximum atomic E-state index is 13.9. The molecule has 18 heavy (non-hydrogen) atoms. The molecule has 0 spiro atoms. The number of nitrogens with zero attached hydrogens (tertiary/aromatic N) is 2. The highest BCUT2D eigenvalue weighted by atomic mass is 79.9. The van der Waals surface area contributed by atoms with Crippen molar-refractivity contribution in [2.24, 2.45) is 5.73 Å². The molecule has 1 aromatic heterocycles. The summed E-state index contributed by atoms with van der Waals surface area (Å²) in [5, 5.41) is 10.1. The Bertz CT molecular complexity index is 614. The predicted molar refractivity (Wildman–Crippen MR) is 70.6 cm³/mol. The van der Waals surface area contributed by atoms with Gasteiger partial charge in [-0.1, -0.05) is 22.0 Å². The summed E-state index contributed by atoms with van der Waals surface area (Å²) in [6.07, 6.45) is 0. The standard InChI is InChI=1S/C10H7Br2FN4O/c11-3-5-4(1-2-6(12)7(5)13)8-9(10(14)18)16-17-15-8/h1-2H,3H2,(H2,14,18)(H,15,16,17). The number of nitrogens with two attached hydrogens (primary N) is 1. The summed E-state index contributed by atoms with van der Waals surface area (Å²) in [7, 11) is 0. The Kier molecular flexibility index (Phi) is 3.76. The van der Waals surface area contributed by atoms with E-state index in [2.05, 4.69) is 47.3 Å². The molecule has 2 rings (SSSR count). The van der Waals surface area contributed by atoms with Gasteiger partial charge in [-0.15, -0.1) is 0 Å². The highest BCUT2D eigenvalue weighted by Gasteiger charge is 2.20. The van der Waals surface area contributed by atoms with E-state index in [1.54, 1.807) is 6.07 Å². The minimum absolute atomic E-state index is 0.0149. The van der Waals surface area contributed by atoms with Crippen molar-refractivity contribution < 1.29 is 9.18 Å². The summed E-state index contributed by atoms with van der Waals surface area (Å²) in [5.74, 6) is -1.13. The molecule has 3 N–H and O–H groups in total. The molecule has 1 heterocycles. The zero-order chi connectivity index (χ0) is 13.3. The van der Waals surface area contributed by atoms with E-state index in [1.807, 2.05) is 0 Å². The Balaban J connectivity index is 2.68. The van der Waals surface area contributed by atoms with E-state index in [9.17, 15) is 9.18 Å². The SMILES string of the molecule is NC(=O)c1n[nH]nc1-c1ccc(Br)c(F)c1CBr. The average molecular weight is 378 g/mol. The largest absolute Gasteiger partial charge is 0.364 e. The van der Waals surface area contributed by atoms with Gasteiger partial charge < -0.3 is 5.73 Å². The van der Waals surface area contributed by atoms with Gasteiger partial charge in [-0.05, 0) is 22.0 Å².